The minimum Gasteiger partial charge on any atom is -0.469 e. The molecule has 1 aliphatic rings. The molecule has 1 aromatic heterocycles. The van der Waals surface area contributed by atoms with E-state index in [1.807, 2.05) is 26.2 Å². The Balaban J connectivity index is 2.01. The van der Waals surface area contributed by atoms with Gasteiger partial charge in [-0.05, 0) is 44.5 Å². The lowest BCUT2D eigenvalue weighted by atomic mass is 9.88. The molecule has 1 aromatic rings. The van der Waals surface area contributed by atoms with Crippen LogP contribution in [0.4, 0.5) is 0 Å². The van der Waals surface area contributed by atoms with Gasteiger partial charge in [0.25, 0.3) is 0 Å². The number of nitrogens with one attached hydrogen (secondary N) is 1. The van der Waals surface area contributed by atoms with Gasteiger partial charge < -0.3 is 10.1 Å². The Hall–Kier alpha value is -1.46. The Kier molecular flexibility index (Phi) is 5.31. The van der Waals surface area contributed by atoms with E-state index in [1.165, 1.54) is 12.7 Å². The number of pyridine rings is 1. The van der Waals surface area contributed by atoms with Gasteiger partial charge in [0.15, 0.2) is 0 Å². The zero-order valence-corrected chi connectivity index (χ0v) is 13.1. The number of hydrogen-bond donors (Lipinski definition) is 1. The molecule has 0 bridgehead atoms. The molecular weight excluding hydrogens is 266 g/mol. The first-order valence-electron chi connectivity index (χ1n) is 7.48. The second-order valence-corrected chi connectivity index (χ2v) is 6.16. The van der Waals surface area contributed by atoms with Crippen LogP contribution in [0.15, 0.2) is 24.5 Å². The Morgan fingerprint density at radius 3 is 2.86 bits per heavy atom. The fourth-order valence-corrected chi connectivity index (χ4v) is 2.73. The highest BCUT2D eigenvalue weighted by molar-refractivity contribution is 5.75. The summed E-state index contributed by atoms with van der Waals surface area (Å²) < 4.78 is 4.89. The summed E-state index contributed by atoms with van der Waals surface area (Å²) in [5.74, 6) is -0.141. The number of nitrogens with zero attached hydrogens (tertiary/aromatic N) is 2. The van der Waals surface area contributed by atoms with E-state index in [0.717, 1.165) is 32.6 Å². The quantitative estimate of drug-likeness (QED) is 0.836. The van der Waals surface area contributed by atoms with Gasteiger partial charge in [0.2, 0.25) is 0 Å². The maximum absolute atomic E-state index is 11.8. The predicted molar refractivity (Wildman–Crippen MR) is 81.8 cm³/mol. The van der Waals surface area contributed by atoms with Crippen LogP contribution in [0.25, 0.3) is 0 Å². The number of carbonyl (C=O) groups excluding carboxylic acids is 1. The first kappa shape index (κ1) is 15.9. The van der Waals surface area contributed by atoms with E-state index in [4.69, 9.17) is 4.74 Å². The van der Waals surface area contributed by atoms with Crippen molar-refractivity contribution in [3.63, 3.8) is 0 Å². The summed E-state index contributed by atoms with van der Waals surface area (Å²) >= 11 is 0. The summed E-state index contributed by atoms with van der Waals surface area (Å²) in [5, 5.41) is 3.44. The molecule has 1 atom stereocenters. The third-order valence-electron chi connectivity index (χ3n) is 4.21. The first-order chi connectivity index (χ1) is 10.0. The minimum absolute atomic E-state index is 0.141. The molecule has 5 heteroatoms. The summed E-state index contributed by atoms with van der Waals surface area (Å²) in [6, 6.07) is 4.47. The van der Waals surface area contributed by atoms with Crippen molar-refractivity contribution in [2.75, 3.05) is 33.3 Å². The number of rotatable bonds is 5. The van der Waals surface area contributed by atoms with Gasteiger partial charge in [-0.1, -0.05) is 0 Å². The Morgan fingerprint density at radius 1 is 1.48 bits per heavy atom. The number of ether oxygens (including phenoxy) is 1. The van der Waals surface area contributed by atoms with E-state index >= 15 is 0 Å². The standard InChI is InChI=1S/C16H25N3O2/c1-16(2,15(20)21-3)6-10-19-11-9-18-12-14(19)13-4-7-17-8-5-13/h4-5,7-8,14,18H,6,9-12H2,1-3H3. The van der Waals surface area contributed by atoms with Crippen molar-refractivity contribution in [1.29, 1.82) is 0 Å². The van der Waals surface area contributed by atoms with Crippen LogP contribution in [0.3, 0.4) is 0 Å². The van der Waals surface area contributed by atoms with E-state index in [2.05, 4.69) is 27.3 Å². The van der Waals surface area contributed by atoms with Gasteiger partial charge in [0.1, 0.15) is 0 Å². The number of carbonyl (C=O) groups is 1. The summed E-state index contributed by atoms with van der Waals surface area (Å²) in [6.07, 6.45) is 4.46. The topological polar surface area (TPSA) is 54.5 Å². The second kappa shape index (κ2) is 7.00. The van der Waals surface area contributed by atoms with Gasteiger partial charge in [-0.3, -0.25) is 14.7 Å². The molecule has 1 fully saturated rings. The van der Waals surface area contributed by atoms with Crippen molar-refractivity contribution in [3.8, 4) is 0 Å². The van der Waals surface area contributed by atoms with Crippen molar-refractivity contribution in [2.24, 2.45) is 5.41 Å². The number of piperazine rings is 1. The largest absolute Gasteiger partial charge is 0.469 e. The van der Waals surface area contributed by atoms with Crippen LogP contribution in [0, 0.1) is 5.41 Å². The third-order valence-corrected chi connectivity index (χ3v) is 4.21. The Labute approximate surface area is 126 Å². The maximum Gasteiger partial charge on any atom is 0.311 e. The van der Waals surface area contributed by atoms with Crippen molar-refractivity contribution in [3.05, 3.63) is 30.1 Å². The zero-order valence-electron chi connectivity index (χ0n) is 13.1. The summed E-state index contributed by atoms with van der Waals surface area (Å²) in [4.78, 5) is 18.3. The molecular formula is C16H25N3O2. The van der Waals surface area contributed by atoms with Crippen LogP contribution in [-0.4, -0.2) is 49.1 Å². The molecule has 1 unspecified atom stereocenters. The van der Waals surface area contributed by atoms with Crippen LogP contribution in [0.1, 0.15) is 31.9 Å². The normalized spacial score (nSPS) is 20.2. The van der Waals surface area contributed by atoms with Crippen LogP contribution < -0.4 is 5.32 Å². The Morgan fingerprint density at radius 2 is 2.19 bits per heavy atom. The fraction of sp³-hybridized carbons (Fsp3) is 0.625. The molecule has 0 spiro atoms. The first-order valence-corrected chi connectivity index (χ1v) is 7.48. The molecule has 116 valence electrons. The molecule has 2 heterocycles. The lowest BCUT2D eigenvalue weighted by molar-refractivity contribution is -0.151. The summed E-state index contributed by atoms with van der Waals surface area (Å²) in [5.41, 5.74) is 0.829. The van der Waals surface area contributed by atoms with E-state index in [1.54, 1.807) is 0 Å². The molecule has 21 heavy (non-hydrogen) atoms. The average Bonchev–Trinajstić information content (AvgIpc) is 2.53. The molecule has 2 rings (SSSR count). The fourth-order valence-electron chi connectivity index (χ4n) is 2.73. The summed E-state index contributed by atoms with van der Waals surface area (Å²) in [6.45, 7) is 7.69. The van der Waals surface area contributed by atoms with Crippen molar-refractivity contribution < 1.29 is 9.53 Å². The molecule has 1 aliphatic heterocycles. The van der Waals surface area contributed by atoms with Gasteiger partial charge in [-0.25, -0.2) is 0 Å². The number of hydrogen-bond acceptors (Lipinski definition) is 5. The number of esters is 1. The van der Waals surface area contributed by atoms with Crippen LogP contribution >= 0.6 is 0 Å². The maximum atomic E-state index is 11.8. The molecule has 1 N–H and O–H groups in total. The molecule has 0 saturated carbocycles. The van der Waals surface area contributed by atoms with Gasteiger partial charge in [0.05, 0.1) is 12.5 Å². The number of methoxy groups -OCH3 is 1. The summed E-state index contributed by atoms with van der Waals surface area (Å²) in [7, 11) is 1.45. The zero-order chi connectivity index (χ0) is 15.3. The Bertz CT molecular complexity index is 462. The van der Waals surface area contributed by atoms with E-state index in [9.17, 15) is 4.79 Å². The molecule has 1 saturated heterocycles. The van der Waals surface area contributed by atoms with E-state index in [-0.39, 0.29) is 5.97 Å². The third kappa shape index (κ3) is 4.02. The SMILES string of the molecule is COC(=O)C(C)(C)CCN1CCNCC1c1ccncc1. The lowest BCUT2D eigenvalue weighted by Gasteiger charge is -2.38. The molecule has 0 aliphatic carbocycles. The van der Waals surface area contributed by atoms with Crippen molar-refractivity contribution in [1.82, 2.24) is 15.2 Å². The van der Waals surface area contributed by atoms with Gasteiger partial charge >= 0.3 is 5.97 Å². The van der Waals surface area contributed by atoms with Gasteiger partial charge in [-0.15, -0.1) is 0 Å². The molecule has 0 radical (unpaired) electrons. The lowest BCUT2D eigenvalue weighted by Crippen LogP contribution is -2.47. The second-order valence-electron chi connectivity index (χ2n) is 6.16. The molecule has 5 nitrogen and oxygen atoms in total. The van der Waals surface area contributed by atoms with E-state index < -0.39 is 5.41 Å². The van der Waals surface area contributed by atoms with Gasteiger partial charge in [-0.2, -0.15) is 0 Å². The van der Waals surface area contributed by atoms with E-state index in [0.29, 0.717) is 6.04 Å². The van der Waals surface area contributed by atoms with Crippen LogP contribution in [-0.2, 0) is 9.53 Å². The smallest absolute Gasteiger partial charge is 0.311 e. The van der Waals surface area contributed by atoms with Crippen LogP contribution in [0.5, 0.6) is 0 Å². The van der Waals surface area contributed by atoms with Crippen molar-refractivity contribution in [2.45, 2.75) is 26.3 Å². The average molecular weight is 291 g/mol. The predicted octanol–water partition coefficient (Wildman–Crippen LogP) is 1.62. The molecule has 0 aromatic carbocycles. The molecule has 0 amide bonds. The van der Waals surface area contributed by atoms with Crippen molar-refractivity contribution >= 4 is 5.97 Å². The van der Waals surface area contributed by atoms with Crippen LogP contribution in [0.2, 0.25) is 0 Å². The number of aromatic nitrogens is 1. The highest BCUT2D eigenvalue weighted by atomic mass is 16.5. The monoisotopic (exact) mass is 291 g/mol. The van der Waals surface area contributed by atoms with Gasteiger partial charge in [0, 0.05) is 38.1 Å². The highest BCUT2D eigenvalue weighted by Gasteiger charge is 2.31. The minimum atomic E-state index is -0.442. The highest BCUT2D eigenvalue weighted by Crippen LogP contribution is 2.27.